The van der Waals surface area contributed by atoms with Crippen molar-refractivity contribution in [2.75, 3.05) is 5.75 Å². The normalized spacial score (nSPS) is 20.3. The number of hydrogen-bond acceptors (Lipinski definition) is 7. The maximum absolute atomic E-state index is 13.1. The van der Waals surface area contributed by atoms with Crippen molar-refractivity contribution in [2.24, 2.45) is 0 Å². The van der Waals surface area contributed by atoms with Gasteiger partial charge in [0.1, 0.15) is 30.9 Å². The van der Waals surface area contributed by atoms with Crippen LogP contribution in [0.1, 0.15) is 24.0 Å². The third-order valence-corrected chi connectivity index (χ3v) is 8.22. The van der Waals surface area contributed by atoms with Crippen molar-refractivity contribution >= 4 is 33.0 Å². The Morgan fingerprint density at radius 3 is 2.49 bits per heavy atom. The van der Waals surface area contributed by atoms with Gasteiger partial charge in [0.05, 0.1) is 29.8 Å². The fourth-order valence-corrected chi connectivity index (χ4v) is 6.67. The zero-order chi connectivity index (χ0) is 24.5. The van der Waals surface area contributed by atoms with Crippen molar-refractivity contribution in [3.05, 3.63) is 88.9 Å². The Hall–Kier alpha value is -2.79. The number of ether oxygens (including phenoxy) is 1. The molecule has 0 N–H and O–H groups in total. The van der Waals surface area contributed by atoms with Crippen molar-refractivity contribution in [3.8, 4) is 5.69 Å². The summed E-state index contributed by atoms with van der Waals surface area (Å²) in [5.41, 5.74) is 1.42. The zero-order valence-corrected chi connectivity index (χ0v) is 20.9. The molecule has 182 valence electrons. The number of halogens is 2. The molecule has 1 aliphatic heterocycles. The molecule has 0 spiro atoms. The molecule has 4 aromatic rings. The molecule has 0 bridgehead atoms. The van der Waals surface area contributed by atoms with Gasteiger partial charge in [-0.2, -0.15) is 10.2 Å². The predicted octanol–water partition coefficient (Wildman–Crippen LogP) is 3.86. The summed E-state index contributed by atoms with van der Waals surface area (Å²) >= 11 is 12.6. The fourth-order valence-electron chi connectivity index (χ4n) is 4.47. The van der Waals surface area contributed by atoms with Gasteiger partial charge in [-0.3, -0.25) is 0 Å². The molecule has 2 aromatic carbocycles. The lowest BCUT2D eigenvalue weighted by atomic mass is 9.90. The number of rotatable bonds is 8. The van der Waals surface area contributed by atoms with E-state index in [-0.39, 0.29) is 11.5 Å². The summed E-state index contributed by atoms with van der Waals surface area (Å²) in [4.78, 5) is 7.93. The second-order valence-electron chi connectivity index (χ2n) is 8.55. The largest absolute Gasteiger partial charge is 0.364 e. The quantitative estimate of drug-likeness (QED) is 0.339. The lowest BCUT2D eigenvalue weighted by molar-refractivity contribution is -0.0511. The van der Waals surface area contributed by atoms with E-state index < -0.39 is 21.5 Å². The third kappa shape index (κ3) is 5.40. The topological polar surface area (TPSA) is 105 Å². The SMILES string of the molecule is O=S(=O)(Cc1ccc(-n2cncn2)cc1)C[C@H]1CC[C@](Cn2cncn2)(c2ccc(Cl)cc2Cl)O1. The second kappa shape index (κ2) is 9.69. The van der Waals surface area contributed by atoms with E-state index in [1.807, 2.05) is 18.2 Å². The van der Waals surface area contributed by atoms with Gasteiger partial charge in [-0.05, 0) is 42.7 Å². The van der Waals surface area contributed by atoms with E-state index in [0.717, 1.165) is 11.3 Å². The van der Waals surface area contributed by atoms with Crippen LogP contribution in [-0.4, -0.2) is 49.8 Å². The average molecular weight is 533 g/mol. The number of hydrogen-bond donors (Lipinski definition) is 0. The van der Waals surface area contributed by atoms with Crippen molar-refractivity contribution in [2.45, 2.75) is 36.8 Å². The second-order valence-corrected chi connectivity index (χ2v) is 11.5. The van der Waals surface area contributed by atoms with Crippen molar-refractivity contribution in [3.63, 3.8) is 0 Å². The van der Waals surface area contributed by atoms with E-state index in [2.05, 4.69) is 20.2 Å². The van der Waals surface area contributed by atoms with Crippen LogP contribution in [0, 0.1) is 0 Å². The van der Waals surface area contributed by atoms with Crippen LogP contribution >= 0.6 is 23.2 Å². The van der Waals surface area contributed by atoms with Gasteiger partial charge in [0.25, 0.3) is 0 Å². The molecule has 12 heteroatoms. The molecule has 1 fully saturated rings. The molecule has 1 saturated heterocycles. The van der Waals surface area contributed by atoms with Crippen LogP contribution in [0.25, 0.3) is 5.69 Å². The molecular formula is C23H22Cl2N6O3S. The lowest BCUT2D eigenvalue weighted by Crippen LogP contribution is -2.34. The zero-order valence-electron chi connectivity index (χ0n) is 18.5. The summed E-state index contributed by atoms with van der Waals surface area (Å²) in [5, 5.41) is 9.27. The summed E-state index contributed by atoms with van der Waals surface area (Å²) in [6.07, 6.45) is 6.75. The van der Waals surface area contributed by atoms with Gasteiger partial charge in [0.15, 0.2) is 9.84 Å². The first-order valence-electron chi connectivity index (χ1n) is 10.9. The first kappa shape index (κ1) is 23.9. The molecule has 2 aromatic heterocycles. The molecule has 9 nitrogen and oxygen atoms in total. The highest BCUT2D eigenvalue weighted by atomic mass is 35.5. The van der Waals surface area contributed by atoms with E-state index in [1.54, 1.807) is 46.3 Å². The average Bonchev–Trinajstić information content (AvgIpc) is 3.57. The van der Waals surface area contributed by atoms with Crippen LogP contribution in [0.2, 0.25) is 10.0 Å². The molecule has 3 heterocycles. The van der Waals surface area contributed by atoms with Gasteiger partial charge < -0.3 is 4.74 Å². The number of aromatic nitrogens is 6. The maximum atomic E-state index is 13.1. The van der Waals surface area contributed by atoms with Gasteiger partial charge in [-0.25, -0.2) is 27.7 Å². The summed E-state index contributed by atoms with van der Waals surface area (Å²) in [6.45, 7) is 0.356. The Bertz CT molecular complexity index is 1400. The van der Waals surface area contributed by atoms with Gasteiger partial charge >= 0.3 is 0 Å². The van der Waals surface area contributed by atoms with Crippen LogP contribution in [0.4, 0.5) is 0 Å². The summed E-state index contributed by atoms with van der Waals surface area (Å²) < 4.78 is 35.9. The molecule has 0 amide bonds. The van der Waals surface area contributed by atoms with E-state index in [9.17, 15) is 8.42 Å². The number of benzene rings is 2. The highest BCUT2D eigenvalue weighted by molar-refractivity contribution is 7.90. The van der Waals surface area contributed by atoms with E-state index in [4.69, 9.17) is 27.9 Å². The Kier molecular flexibility index (Phi) is 6.63. The Morgan fingerprint density at radius 1 is 1.03 bits per heavy atom. The smallest absolute Gasteiger partial charge is 0.156 e. The highest BCUT2D eigenvalue weighted by Gasteiger charge is 2.44. The first-order chi connectivity index (χ1) is 16.8. The van der Waals surface area contributed by atoms with Crippen LogP contribution in [0.15, 0.2) is 67.8 Å². The van der Waals surface area contributed by atoms with Crippen molar-refractivity contribution < 1.29 is 13.2 Å². The van der Waals surface area contributed by atoms with Gasteiger partial charge in [0, 0.05) is 15.6 Å². The minimum atomic E-state index is -3.44. The van der Waals surface area contributed by atoms with Crippen LogP contribution in [0.3, 0.4) is 0 Å². The standard InChI is InChI=1S/C23H22Cl2N6O3S/c24-18-3-6-21(22(25)9-18)23(12-30-15-26-13-28-30)8-7-20(34-23)11-35(32,33)10-17-1-4-19(5-2-17)31-16-27-14-29-31/h1-6,9,13-16,20H,7-8,10-12H2/t20-,23+/m1/s1. The third-order valence-electron chi connectivity index (χ3n) is 6.01. The van der Waals surface area contributed by atoms with E-state index in [1.165, 1.54) is 12.7 Å². The molecular weight excluding hydrogens is 511 g/mol. The Balaban J connectivity index is 1.32. The maximum Gasteiger partial charge on any atom is 0.156 e. The predicted molar refractivity (Wildman–Crippen MR) is 131 cm³/mol. The molecule has 1 aliphatic rings. The van der Waals surface area contributed by atoms with Gasteiger partial charge in [-0.1, -0.05) is 41.4 Å². The number of nitrogens with zero attached hydrogens (tertiary/aromatic N) is 6. The molecule has 0 saturated carbocycles. The fraction of sp³-hybridized carbons (Fsp3) is 0.304. The summed E-state index contributed by atoms with van der Waals surface area (Å²) in [7, 11) is -3.44. The molecule has 0 unspecified atom stereocenters. The molecule has 2 atom stereocenters. The minimum Gasteiger partial charge on any atom is -0.364 e. The summed E-state index contributed by atoms with van der Waals surface area (Å²) in [6, 6.07) is 12.4. The molecule has 5 rings (SSSR count). The Labute approximate surface area is 212 Å². The molecule has 0 radical (unpaired) electrons. The van der Waals surface area contributed by atoms with E-state index >= 15 is 0 Å². The molecule has 0 aliphatic carbocycles. The van der Waals surface area contributed by atoms with Crippen molar-refractivity contribution in [1.29, 1.82) is 0 Å². The minimum absolute atomic E-state index is 0.0811. The lowest BCUT2D eigenvalue weighted by Gasteiger charge is -2.31. The highest BCUT2D eigenvalue weighted by Crippen LogP contribution is 2.44. The van der Waals surface area contributed by atoms with Crippen LogP contribution < -0.4 is 0 Å². The first-order valence-corrected chi connectivity index (χ1v) is 13.5. The summed E-state index contributed by atoms with van der Waals surface area (Å²) in [5.74, 6) is -0.176. The Morgan fingerprint density at radius 2 is 1.80 bits per heavy atom. The molecule has 35 heavy (non-hydrogen) atoms. The number of sulfone groups is 1. The van der Waals surface area contributed by atoms with Crippen molar-refractivity contribution in [1.82, 2.24) is 29.5 Å². The van der Waals surface area contributed by atoms with Gasteiger partial charge in [-0.15, -0.1) is 0 Å². The monoisotopic (exact) mass is 532 g/mol. The van der Waals surface area contributed by atoms with E-state index in [0.29, 0.717) is 35.0 Å². The van der Waals surface area contributed by atoms with Crippen LogP contribution in [-0.2, 0) is 32.5 Å². The van der Waals surface area contributed by atoms with Crippen LogP contribution in [0.5, 0.6) is 0 Å². The van der Waals surface area contributed by atoms with Gasteiger partial charge in [0.2, 0.25) is 0 Å².